The average Bonchev–Trinajstić information content (AvgIpc) is 2.51. The van der Waals surface area contributed by atoms with Gasteiger partial charge in [0, 0.05) is 44.2 Å². The molecule has 2 rings (SSSR count). The molecule has 1 N–H and O–H groups in total. The van der Waals surface area contributed by atoms with Crippen molar-refractivity contribution >= 4 is 17.4 Å². The van der Waals surface area contributed by atoms with Gasteiger partial charge in [-0.15, -0.1) is 0 Å². The number of nitrogens with zero attached hydrogens (tertiary/aromatic N) is 1. The highest BCUT2D eigenvalue weighted by Crippen LogP contribution is 2.32. The molecule has 1 aliphatic rings. The van der Waals surface area contributed by atoms with Gasteiger partial charge in [0.15, 0.2) is 5.78 Å². The smallest absolute Gasteiger partial charge is 0.168 e. The molecule has 4 nitrogen and oxygen atoms in total. The molecule has 0 unspecified atom stereocenters. The van der Waals surface area contributed by atoms with Crippen molar-refractivity contribution in [1.29, 1.82) is 0 Å². The van der Waals surface area contributed by atoms with E-state index in [1.54, 1.807) is 7.11 Å². The molecule has 1 saturated heterocycles. The second-order valence-electron chi connectivity index (χ2n) is 5.47. The molecule has 21 heavy (non-hydrogen) atoms. The van der Waals surface area contributed by atoms with E-state index in [-0.39, 0.29) is 5.78 Å². The van der Waals surface area contributed by atoms with Gasteiger partial charge >= 0.3 is 0 Å². The summed E-state index contributed by atoms with van der Waals surface area (Å²) in [6.45, 7) is 8.58. The minimum Gasteiger partial charge on any atom is -0.496 e. The maximum atomic E-state index is 12.6. The molecule has 1 aromatic rings. The summed E-state index contributed by atoms with van der Waals surface area (Å²) < 4.78 is 5.37. The first kappa shape index (κ1) is 16.3. The van der Waals surface area contributed by atoms with Gasteiger partial charge in [-0.1, -0.05) is 11.6 Å². The molecule has 0 amide bonds. The van der Waals surface area contributed by atoms with Crippen LogP contribution in [0, 0.1) is 13.8 Å². The van der Waals surface area contributed by atoms with Gasteiger partial charge in [-0.3, -0.25) is 4.79 Å². The molecular formula is C16H23ClN2O2. The summed E-state index contributed by atoms with van der Waals surface area (Å²) in [4.78, 5) is 14.9. The molecule has 1 heterocycles. The van der Waals surface area contributed by atoms with Crippen LogP contribution in [0.2, 0.25) is 5.02 Å². The maximum Gasteiger partial charge on any atom is 0.168 e. The number of piperazine rings is 1. The highest BCUT2D eigenvalue weighted by Gasteiger charge is 2.20. The Hall–Kier alpha value is -1.10. The monoisotopic (exact) mass is 310 g/mol. The van der Waals surface area contributed by atoms with Crippen LogP contribution in [0.5, 0.6) is 5.75 Å². The number of carbonyl (C=O) groups excluding carboxylic acids is 1. The van der Waals surface area contributed by atoms with Crippen molar-refractivity contribution in [2.45, 2.75) is 20.3 Å². The van der Waals surface area contributed by atoms with E-state index in [0.717, 1.165) is 43.9 Å². The van der Waals surface area contributed by atoms with Crippen LogP contribution < -0.4 is 10.1 Å². The second kappa shape index (κ2) is 7.25. The van der Waals surface area contributed by atoms with E-state index >= 15 is 0 Å². The SMILES string of the molecule is COc1cc(C)c(Cl)c(C)c1C(=O)CCN1CCNCC1. The number of carbonyl (C=O) groups is 1. The first-order valence-electron chi connectivity index (χ1n) is 7.34. The molecule has 1 fully saturated rings. The summed E-state index contributed by atoms with van der Waals surface area (Å²) in [5.41, 5.74) is 2.38. The Morgan fingerprint density at radius 2 is 2.05 bits per heavy atom. The molecule has 0 aromatic heterocycles. The van der Waals surface area contributed by atoms with Crippen LogP contribution in [0.25, 0.3) is 0 Å². The zero-order valence-corrected chi connectivity index (χ0v) is 13.7. The first-order valence-corrected chi connectivity index (χ1v) is 7.72. The van der Waals surface area contributed by atoms with Crippen molar-refractivity contribution < 1.29 is 9.53 Å². The van der Waals surface area contributed by atoms with E-state index in [1.807, 2.05) is 19.9 Å². The molecule has 0 spiro atoms. The number of halogens is 1. The van der Waals surface area contributed by atoms with Crippen molar-refractivity contribution in [2.24, 2.45) is 0 Å². The van der Waals surface area contributed by atoms with E-state index in [0.29, 0.717) is 22.8 Å². The third-order valence-electron chi connectivity index (χ3n) is 4.01. The van der Waals surface area contributed by atoms with Gasteiger partial charge in [-0.2, -0.15) is 0 Å². The van der Waals surface area contributed by atoms with Crippen molar-refractivity contribution in [2.75, 3.05) is 39.8 Å². The van der Waals surface area contributed by atoms with Gasteiger partial charge < -0.3 is 15.0 Å². The Kier molecular flexibility index (Phi) is 5.62. The Balaban J connectivity index is 2.12. The lowest BCUT2D eigenvalue weighted by Crippen LogP contribution is -2.44. The topological polar surface area (TPSA) is 41.6 Å². The van der Waals surface area contributed by atoms with E-state index in [1.165, 1.54) is 0 Å². The normalized spacial score (nSPS) is 16.0. The Bertz CT molecular complexity index is 525. The number of rotatable bonds is 5. The number of ether oxygens (including phenoxy) is 1. The van der Waals surface area contributed by atoms with Gasteiger partial charge in [0.25, 0.3) is 0 Å². The molecule has 116 valence electrons. The number of ketones is 1. The standard InChI is InChI=1S/C16H23ClN2O2/c1-11-10-14(21-3)15(12(2)16(11)17)13(20)4-7-19-8-5-18-6-9-19/h10,18H,4-9H2,1-3H3. The number of nitrogens with one attached hydrogen (secondary N) is 1. The fraction of sp³-hybridized carbons (Fsp3) is 0.562. The largest absolute Gasteiger partial charge is 0.496 e. The van der Waals surface area contributed by atoms with E-state index < -0.39 is 0 Å². The van der Waals surface area contributed by atoms with Crippen LogP contribution in [-0.2, 0) is 0 Å². The van der Waals surface area contributed by atoms with E-state index in [4.69, 9.17) is 16.3 Å². The quantitative estimate of drug-likeness (QED) is 0.848. The Labute approximate surface area is 131 Å². The van der Waals surface area contributed by atoms with E-state index in [2.05, 4.69) is 10.2 Å². The lowest BCUT2D eigenvalue weighted by atomic mass is 9.98. The number of aryl methyl sites for hydroxylation is 1. The Morgan fingerprint density at radius 3 is 2.67 bits per heavy atom. The number of benzene rings is 1. The number of hydrogen-bond acceptors (Lipinski definition) is 4. The van der Waals surface area contributed by atoms with Crippen molar-refractivity contribution in [3.05, 3.63) is 27.8 Å². The van der Waals surface area contributed by atoms with Crippen molar-refractivity contribution in [3.8, 4) is 5.75 Å². The molecule has 0 aliphatic carbocycles. The first-order chi connectivity index (χ1) is 10.0. The van der Waals surface area contributed by atoms with Gasteiger partial charge in [0.2, 0.25) is 0 Å². The molecule has 0 bridgehead atoms. The molecule has 0 saturated carbocycles. The van der Waals surface area contributed by atoms with Crippen LogP contribution in [0.1, 0.15) is 27.9 Å². The fourth-order valence-corrected chi connectivity index (χ4v) is 2.90. The van der Waals surface area contributed by atoms with Gasteiger partial charge in [-0.05, 0) is 31.0 Å². The number of hydrogen-bond donors (Lipinski definition) is 1. The predicted octanol–water partition coefficient (Wildman–Crippen LogP) is 2.44. The summed E-state index contributed by atoms with van der Waals surface area (Å²) in [5.74, 6) is 0.726. The van der Waals surface area contributed by atoms with Crippen LogP contribution in [-0.4, -0.2) is 50.5 Å². The highest BCUT2D eigenvalue weighted by atomic mass is 35.5. The molecule has 0 atom stereocenters. The molecular weight excluding hydrogens is 288 g/mol. The minimum absolute atomic E-state index is 0.102. The lowest BCUT2D eigenvalue weighted by molar-refractivity contribution is 0.0957. The molecule has 5 heteroatoms. The molecule has 0 radical (unpaired) electrons. The van der Waals surface area contributed by atoms with Crippen LogP contribution >= 0.6 is 11.6 Å². The summed E-state index contributed by atoms with van der Waals surface area (Å²) >= 11 is 6.28. The van der Waals surface area contributed by atoms with Crippen LogP contribution in [0.4, 0.5) is 0 Å². The van der Waals surface area contributed by atoms with Gasteiger partial charge in [0.1, 0.15) is 5.75 Å². The fourth-order valence-electron chi connectivity index (χ4n) is 2.75. The van der Waals surface area contributed by atoms with Crippen molar-refractivity contribution in [1.82, 2.24) is 10.2 Å². The summed E-state index contributed by atoms with van der Waals surface area (Å²) in [6, 6.07) is 1.84. The summed E-state index contributed by atoms with van der Waals surface area (Å²) in [7, 11) is 1.59. The number of Topliss-reactive ketones (excluding diaryl/α,β-unsaturated/α-hetero) is 1. The van der Waals surface area contributed by atoms with Crippen LogP contribution in [0.15, 0.2) is 6.07 Å². The number of methoxy groups -OCH3 is 1. The zero-order chi connectivity index (χ0) is 15.4. The summed E-state index contributed by atoms with van der Waals surface area (Å²) in [5, 5.41) is 3.97. The van der Waals surface area contributed by atoms with Gasteiger partial charge in [0.05, 0.1) is 12.7 Å². The second-order valence-corrected chi connectivity index (χ2v) is 5.85. The molecule has 1 aliphatic heterocycles. The Morgan fingerprint density at radius 1 is 1.38 bits per heavy atom. The predicted molar refractivity (Wildman–Crippen MR) is 85.7 cm³/mol. The van der Waals surface area contributed by atoms with Crippen molar-refractivity contribution in [3.63, 3.8) is 0 Å². The molecule has 1 aromatic carbocycles. The maximum absolute atomic E-state index is 12.6. The van der Waals surface area contributed by atoms with Gasteiger partial charge in [-0.25, -0.2) is 0 Å². The average molecular weight is 311 g/mol. The lowest BCUT2D eigenvalue weighted by Gasteiger charge is -2.27. The minimum atomic E-state index is 0.102. The van der Waals surface area contributed by atoms with E-state index in [9.17, 15) is 4.79 Å². The summed E-state index contributed by atoms with van der Waals surface area (Å²) in [6.07, 6.45) is 0.497. The third-order valence-corrected chi connectivity index (χ3v) is 4.59. The van der Waals surface area contributed by atoms with Crippen LogP contribution in [0.3, 0.4) is 0 Å². The highest BCUT2D eigenvalue weighted by molar-refractivity contribution is 6.32. The zero-order valence-electron chi connectivity index (χ0n) is 13.0. The third kappa shape index (κ3) is 3.76.